The summed E-state index contributed by atoms with van der Waals surface area (Å²) >= 11 is 0. The number of hydrogen-bond acceptors (Lipinski definition) is 5. The molecule has 0 saturated carbocycles. The van der Waals surface area contributed by atoms with Gasteiger partial charge in [-0.25, -0.2) is 8.78 Å². The number of benzene rings is 3. The van der Waals surface area contributed by atoms with Crippen molar-refractivity contribution in [3.8, 4) is 11.5 Å². The molecule has 8 heteroatoms. The van der Waals surface area contributed by atoms with Crippen molar-refractivity contribution in [3.63, 3.8) is 0 Å². The Morgan fingerprint density at radius 2 is 1.67 bits per heavy atom. The van der Waals surface area contributed by atoms with Crippen LogP contribution in [0.1, 0.15) is 42.5 Å². The molecular weight excluding hydrogens is 502 g/mol. The highest BCUT2D eigenvalue weighted by Crippen LogP contribution is 2.28. The molecule has 1 amide bonds. The summed E-state index contributed by atoms with van der Waals surface area (Å²) in [5, 5.41) is 17.1. The van der Waals surface area contributed by atoms with Gasteiger partial charge in [-0.1, -0.05) is 44.2 Å². The smallest absolute Gasteiger partial charge is 0.224 e. The molecule has 2 atom stereocenters. The number of methoxy groups -OCH3 is 1. The molecular formula is C31H38F2N2O4. The summed E-state index contributed by atoms with van der Waals surface area (Å²) in [6.07, 6.45) is 0.861. The highest BCUT2D eigenvalue weighted by Gasteiger charge is 2.23. The molecule has 0 spiro atoms. The molecule has 0 radical (unpaired) electrons. The predicted molar refractivity (Wildman–Crippen MR) is 148 cm³/mol. The fourth-order valence-corrected chi connectivity index (χ4v) is 4.33. The van der Waals surface area contributed by atoms with E-state index in [2.05, 4.69) is 29.7 Å². The highest BCUT2D eigenvalue weighted by atomic mass is 19.1. The van der Waals surface area contributed by atoms with E-state index < -0.39 is 23.8 Å². The van der Waals surface area contributed by atoms with E-state index >= 15 is 0 Å². The molecule has 0 bridgehead atoms. The largest absolute Gasteiger partial charge is 0.493 e. The summed E-state index contributed by atoms with van der Waals surface area (Å²) in [6, 6.07) is 15.9. The topological polar surface area (TPSA) is 79.8 Å². The number of aryl methyl sites for hydroxylation is 1. The molecule has 3 aromatic rings. The lowest BCUT2D eigenvalue weighted by molar-refractivity contribution is -0.122. The Bertz CT molecular complexity index is 1200. The Morgan fingerprint density at radius 3 is 2.36 bits per heavy atom. The van der Waals surface area contributed by atoms with Gasteiger partial charge in [0.05, 0.1) is 32.3 Å². The van der Waals surface area contributed by atoms with Gasteiger partial charge in [0.2, 0.25) is 5.91 Å². The minimum absolute atomic E-state index is 0.0301. The van der Waals surface area contributed by atoms with E-state index in [-0.39, 0.29) is 25.3 Å². The number of rotatable bonds is 15. The number of aliphatic hydroxyl groups excluding tert-OH is 1. The molecule has 0 aliphatic heterocycles. The molecule has 0 aliphatic carbocycles. The van der Waals surface area contributed by atoms with Crippen molar-refractivity contribution in [2.45, 2.75) is 58.2 Å². The van der Waals surface area contributed by atoms with E-state index in [0.29, 0.717) is 35.8 Å². The Balaban J connectivity index is 1.69. The van der Waals surface area contributed by atoms with Crippen LogP contribution < -0.4 is 20.1 Å². The van der Waals surface area contributed by atoms with Crippen LogP contribution in [0.15, 0.2) is 60.7 Å². The second kappa shape index (κ2) is 15.2. The molecule has 3 N–H and O–H groups in total. The summed E-state index contributed by atoms with van der Waals surface area (Å²) in [6.45, 7) is 5.36. The summed E-state index contributed by atoms with van der Waals surface area (Å²) in [4.78, 5) is 13.0. The summed E-state index contributed by atoms with van der Waals surface area (Å²) in [7, 11) is 1.54. The molecule has 3 aromatic carbocycles. The minimum Gasteiger partial charge on any atom is -0.493 e. The van der Waals surface area contributed by atoms with Crippen LogP contribution in [0.3, 0.4) is 0 Å². The lowest BCUT2D eigenvalue weighted by atomic mass is 10.00. The van der Waals surface area contributed by atoms with Crippen LogP contribution in [0.25, 0.3) is 0 Å². The second-order valence-electron chi connectivity index (χ2n) is 9.54. The molecule has 0 aromatic heterocycles. The van der Waals surface area contributed by atoms with E-state index in [0.717, 1.165) is 24.5 Å². The number of carbonyl (C=O) groups excluding carboxylic acids is 1. The predicted octanol–water partition coefficient (Wildman–Crippen LogP) is 4.75. The Hall–Kier alpha value is -3.49. The molecule has 210 valence electrons. The number of halogens is 2. The third kappa shape index (κ3) is 9.64. The van der Waals surface area contributed by atoms with Gasteiger partial charge >= 0.3 is 0 Å². The third-order valence-corrected chi connectivity index (χ3v) is 6.33. The van der Waals surface area contributed by atoms with Gasteiger partial charge in [-0.2, -0.15) is 0 Å². The zero-order valence-electron chi connectivity index (χ0n) is 22.8. The fraction of sp³-hybridized carbons (Fsp3) is 0.387. The Morgan fingerprint density at radius 1 is 0.923 bits per heavy atom. The fourth-order valence-electron chi connectivity index (χ4n) is 4.33. The Labute approximate surface area is 229 Å². The lowest BCUT2D eigenvalue weighted by Crippen LogP contribution is -2.49. The van der Waals surface area contributed by atoms with Crippen LogP contribution in [-0.4, -0.2) is 43.4 Å². The van der Waals surface area contributed by atoms with Crippen molar-refractivity contribution < 1.29 is 28.2 Å². The maximum Gasteiger partial charge on any atom is 0.224 e. The van der Waals surface area contributed by atoms with Gasteiger partial charge in [0.25, 0.3) is 0 Å². The summed E-state index contributed by atoms with van der Waals surface area (Å²) in [5.74, 6) is -0.639. The van der Waals surface area contributed by atoms with Crippen molar-refractivity contribution in [1.82, 2.24) is 10.6 Å². The van der Waals surface area contributed by atoms with Crippen molar-refractivity contribution in [2.24, 2.45) is 0 Å². The van der Waals surface area contributed by atoms with Crippen LogP contribution in [-0.2, 0) is 30.6 Å². The van der Waals surface area contributed by atoms with E-state index in [1.54, 1.807) is 18.2 Å². The van der Waals surface area contributed by atoms with Crippen LogP contribution in [0.2, 0.25) is 0 Å². The first-order valence-corrected chi connectivity index (χ1v) is 13.3. The first kappa shape index (κ1) is 30.1. The van der Waals surface area contributed by atoms with Gasteiger partial charge in [-0.3, -0.25) is 4.79 Å². The number of aliphatic hydroxyl groups is 1. The van der Waals surface area contributed by atoms with Crippen LogP contribution in [0, 0.1) is 11.6 Å². The maximum absolute atomic E-state index is 13.8. The van der Waals surface area contributed by atoms with Gasteiger partial charge in [0.1, 0.15) is 11.6 Å². The monoisotopic (exact) mass is 540 g/mol. The van der Waals surface area contributed by atoms with Crippen LogP contribution >= 0.6 is 0 Å². The molecule has 2 unspecified atom stereocenters. The van der Waals surface area contributed by atoms with Crippen molar-refractivity contribution in [3.05, 3.63) is 94.6 Å². The zero-order chi connectivity index (χ0) is 28.2. The van der Waals surface area contributed by atoms with E-state index in [9.17, 15) is 18.7 Å². The van der Waals surface area contributed by atoms with Crippen LogP contribution in [0.4, 0.5) is 8.78 Å². The quantitative estimate of drug-likeness (QED) is 0.259. The molecule has 6 nitrogen and oxygen atoms in total. The van der Waals surface area contributed by atoms with Gasteiger partial charge in [-0.15, -0.1) is 0 Å². The molecule has 3 rings (SSSR count). The van der Waals surface area contributed by atoms with Crippen molar-refractivity contribution >= 4 is 5.91 Å². The van der Waals surface area contributed by atoms with E-state index in [1.807, 2.05) is 19.1 Å². The van der Waals surface area contributed by atoms with Crippen molar-refractivity contribution in [2.75, 3.05) is 20.3 Å². The first-order valence-electron chi connectivity index (χ1n) is 13.3. The van der Waals surface area contributed by atoms with Gasteiger partial charge in [0, 0.05) is 19.2 Å². The Kier molecular flexibility index (Phi) is 11.7. The van der Waals surface area contributed by atoms with Crippen molar-refractivity contribution in [1.29, 1.82) is 0 Å². The molecule has 0 fully saturated rings. The normalized spacial score (nSPS) is 12.6. The summed E-state index contributed by atoms with van der Waals surface area (Å²) < 4.78 is 38.8. The van der Waals surface area contributed by atoms with Gasteiger partial charge < -0.3 is 25.2 Å². The average Bonchev–Trinajstić information content (AvgIpc) is 2.91. The van der Waals surface area contributed by atoms with E-state index in [4.69, 9.17) is 9.47 Å². The van der Waals surface area contributed by atoms with Gasteiger partial charge in [-0.05, 0) is 65.8 Å². The number of ether oxygens (including phenoxy) is 2. The summed E-state index contributed by atoms with van der Waals surface area (Å²) in [5.41, 5.74) is 3.34. The third-order valence-electron chi connectivity index (χ3n) is 6.33. The van der Waals surface area contributed by atoms with Crippen LogP contribution in [0.5, 0.6) is 11.5 Å². The average molecular weight is 541 g/mol. The standard InChI is InChI=1S/C31H38F2N2O4/c1-4-11-39-29-10-9-22(16-30(29)38-3)17-31(37)35-27(15-24-13-25(32)18-26(33)14-24)28(36)20-34-19-23-8-6-7-21(5-2)12-23/h6-10,12-14,16,18,27-28,34,36H,4-5,11,15,17,19-20H2,1-3H3,(H,35,37). The molecule has 0 heterocycles. The second-order valence-corrected chi connectivity index (χ2v) is 9.54. The highest BCUT2D eigenvalue weighted by molar-refractivity contribution is 5.79. The SMILES string of the molecule is CCCOc1ccc(CC(=O)NC(Cc2cc(F)cc(F)c2)C(O)CNCc2cccc(CC)c2)cc1OC. The van der Waals surface area contributed by atoms with Gasteiger partial charge in [0.15, 0.2) is 11.5 Å². The molecule has 0 saturated heterocycles. The first-order chi connectivity index (χ1) is 18.8. The number of hydrogen-bond donors (Lipinski definition) is 3. The minimum atomic E-state index is -1.01. The number of carbonyl (C=O) groups is 1. The lowest BCUT2D eigenvalue weighted by Gasteiger charge is -2.25. The number of amides is 1. The zero-order valence-corrected chi connectivity index (χ0v) is 22.8. The van der Waals surface area contributed by atoms with E-state index in [1.165, 1.54) is 24.8 Å². The maximum atomic E-state index is 13.8. The molecule has 0 aliphatic rings. The molecule has 39 heavy (non-hydrogen) atoms. The number of nitrogens with one attached hydrogen (secondary N) is 2.